The van der Waals surface area contributed by atoms with Crippen LogP contribution >= 0.6 is 0 Å². The Morgan fingerprint density at radius 3 is 2.41 bits per heavy atom. The van der Waals surface area contributed by atoms with Crippen molar-refractivity contribution in [2.75, 3.05) is 7.05 Å². The second-order valence-electron chi connectivity index (χ2n) is 6.27. The minimum Gasteiger partial charge on any atom is -0.461 e. The van der Waals surface area contributed by atoms with Gasteiger partial charge in [0.2, 0.25) is 11.7 Å². The number of nitrogens with zero attached hydrogens (tertiary/aromatic N) is 3. The van der Waals surface area contributed by atoms with Crippen molar-refractivity contribution in [2.45, 2.75) is 12.6 Å². The smallest absolute Gasteiger partial charge is 0.241 e. The van der Waals surface area contributed by atoms with E-state index in [0.717, 1.165) is 11.1 Å². The summed E-state index contributed by atoms with van der Waals surface area (Å²) < 4.78 is 24.1. The Balaban J connectivity index is 1.61. The van der Waals surface area contributed by atoms with Gasteiger partial charge in [-0.2, -0.15) is 4.98 Å². The molecule has 4 aromatic rings. The Hall–Kier alpha value is -3.25. The van der Waals surface area contributed by atoms with Crippen LogP contribution in [0.3, 0.4) is 0 Å². The normalized spacial score (nSPS) is 12.4. The molecule has 0 spiro atoms. The zero-order valence-corrected chi connectivity index (χ0v) is 14.7. The molecule has 0 aliphatic heterocycles. The van der Waals surface area contributed by atoms with Crippen LogP contribution in [-0.4, -0.2) is 22.1 Å². The lowest BCUT2D eigenvalue weighted by molar-refractivity contribution is 0.229. The summed E-state index contributed by atoms with van der Waals surface area (Å²) in [5, 5.41) is 3.97. The Kier molecular flexibility index (Phi) is 4.80. The molecular weight excluding hydrogens is 345 g/mol. The third kappa shape index (κ3) is 3.80. The third-order valence-corrected chi connectivity index (χ3v) is 4.34. The van der Waals surface area contributed by atoms with Crippen LogP contribution in [0.5, 0.6) is 0 Å². The highest BCUT2D eigenvalue weighted by Gasteiger charge is 2.22. The zero-order chi connectivity index (χ0) is 18.6. The van der Waals surface area contributed by atoms with Crippen molar-refractivity contribution in [1.82, 2.24) is 15.0 Å². The van der Waals surface area contributed by atoms with Crippen LogP contribution in [0.4, 0.5) is 4.39 Å². The van der Waals surface area contributed by atoms with Crippen molar-refractivity contribution in [3.05, 3.63) is 95.8 Å². The Labute approximate surface area is 156 Å². The number of hydrogen-bond acceptors (Lipinski definition) is 5. The Morgan fingerprint density at radius 1 is 0.963 bits per heavy atom. The monoisotopic (exact) mass is 363 g/mol. The molecule has 0 aliphatic carbocycles. The Morgan fingerprint density at radius 2 is 1.70 bits per heavy atom. The van der Waals surface area contributed by atoms with Crippen LogP contribution in [0.1, 0.15) is 23.1 Å². The maximum Gasteiger partial charge on any atom is 0.241 e. The van der Waals surface area contributed by atoms with Gasteiger partial charge in [0.1, 0.15) is 5.82 Å². The minimum atomic E-state index is -0.256. The summed E-state index contributed by atoms with van der Waals surface area (Å²) in [5.41, 5.74) is 2.08. The SMILES string of the molecule is CN(Cc1nc(-c2ccco2)no1)[C@@H](c1ccccc1)c1ccc(F)cc1. The van der Waals surface area contributed by atoms with Crippen LogP contribution in [-0.2, 0) is 6.54 Å². The van der Waals surface area contributed by atoms with Crippen molar-refractivity contribution in [2.24, 2.45) is 0 Å². The molecule has 27 heavy (non-hydrogen) atoms. The highest BCUT2D eigenvalue weighted by molar-refractivity contribution is 5.44. The lowest BCUT2D eigenvalue weighted by Gasteiger charge is -2.27. The predicted octanol–water partition coefficient (Wildman–Crippen LogP) is 4.69. The highest BCUT2D eigenvalue weighted by Crippen LogP contribution is 2.29. The second kappa shape index (κ2) is 7.55. The number of aromatic nitrogens is 2. The van der Waals surface area contributed by atoms with Gasteiger partial charge in [0.15, 0.2) is 5.76 Å². The predicted molar refractivity (Wildman–Crippen MR) is 98.2 cm³/mol. The van der Waals surface area contributed by atoms with E-state index in [4.69, 9.17) is 8.94 Å². The van der Waals surface area contributed by atoms with E-state index in [1.54, 1.807) is 30.5 Å². The first-order valence-electron chi connectivity index (χ1n) is 8.58. The molecule has 2 heterocycles. The number of benzene rings is 2. The molecule has 0 N–H and O–H groups in total. The quantitative estimate of drug-likeness (QED) is 0.497. The number of halogens is 1. The molecular formula is C21H18FN3O2. The van der Waals surface area contributed by atoms with Gasteiger partial charge in [0.25, 0.3) is 0 Å². The molecule has 5 nitrogen and oxygen atoms in total. The number of rotatable bonds is 6. The molecule has 0 radical (unpaired) electrons. The highest BCUT2D eigenvalue weighted by atomic mass is 19.1. The van der Waals surface area contributed by atoms with Crippen molar-refractivity contribution in [1.29, 1.82) is 0 Å². The molecule has 0 saturated carbocycles. The summed E-state index contributed by atoms with van der Waals surface area (Å²) in [6.07, 6.45) is 1.57. The molecule has 0 unspecified atom stereocenters. The molecule has 0 fully saturated rings. The van der Waals surface area contributed by atoms with Gasteiger partial charge in [0.05, 0.1) is 18.8 Å². The molecule has 0 amide bonds. The molecule has 0 saturated heterocycles. The first-order valence-corrected chi connectivity index (χ1v) is 8.58. The Bertz CT molecular complexity index is 982. The largest absolute Gasteiger partial charge is 0.461 e. The molecule has 136 valence electrons. The summed E-state index contributed by atoms with van der Waals surface area (Å²) >= 11 is 0. The summed E-state index contributed by atoms with van der Waals surface area (Å²) in [4.78, 5) is 6.49. The fourth-order valence-corrected chi connectivity index (χ4v) is 3.11. The molecule has 1 atom stereocenters. The lowest BCUT2D eigenvalue weighted by Crippen LogP contribution is -2.25. The number of furan rings is 1. The van der Waals surface area contributed by atoms with Crippen molar-refractivity contribution in [3.8, 4) is 11.6 Å². The van der Waals surface area contributed by atoms with E-state index in [-0.39, 0.29) is 11.9 Å². The summed E-state index contributed by atoms with van der Waals surface area (Å²) in [5.74, 6) is 1.20. The van der Waals surface area contributed by atoms with Crippen molar-refractivity contribution in [3.63, 3.8) is 0 Å². The van der Waals surface area contributed by atoms with Gasteiger partial charge in [-0.15, -0.1) is 0 Å². The van der Waals surface area contributed by atoms with E-state index in [1.165, 1.54) is 12.1 Å². The van der Waals surface area contributed by atoms with Crippen molar-refractivity contribution < 1.29 is 13.3 Å². The van der Waals surface area contributed by atoms with Crippen LogP contribution < -0.4 is 0 Å². The van der Waals surface area contributed by atoms with Crippen molar-refractivity contribution >= 4 is 0 Å². The maximum absolute atomic E-state index is 13.4. The standard InChI is InChI=1S/C21H18FN3O2/c1-25(14-19-23-21(24-27-19)18-8-5-13-26-18)20(15-6-3-2-4-7-15)16-9-11-17(22)12-10-16/h2-13,20H,14H2,1H3/t20-/m0/s1. The molecule has 0 aliphatic rings. The van der Waals surface area contributed by atoms with E-state index in [2.05, 4.69) is 15.0 Å². The number of hydrogen-bond donors (Lipinski definition) is 0. The van der Waals surface area contributed by atoms with Crippen LogP contribution in [0.15, 0.2) is 81.9 Å². The van der Waals surface area contributed by atoms with Crippen LogP contribution in [0.25, 0.3) is 11.6 Å². The van der Waals surface area contributed by atoms with E-state index >= 15 is 0 Å². The first-order chi connectivity index (χ1) is 13.2. The van der Waals surface area contributed by atoms with Gasteiger partial charge in [-0.05, 0) is 42.4 Å². The molecule has 2 aromatic carbocycles. The third-order valence-electron chi connectivity index (χ3n) is 4.34. The van der Waals surface area contributed by atoms with E-state index < -0.39 is 0 Å². The van der Waals surface area contributed by atoms with Gasteiger partial charge in [-0.1, -0.05) is 47.6 Å². The zero-order valence-electron chi connectivity index (χ0n) is 14.7. The van der Waals surface area contributed by atoms with E-state index in [1.807, 2.05) is 37.4 Å². The fraction of sp³-hybridized carbons (Fsp3) is 0.143. The van der Waals surface area contributed by atoms with Gasteiger partial charge in [0, 0.05) is 0 Å². The summed E-state index contributed by atoms with van der Waals surface area (Å²) in [6.45, 7) is 0.435. The second-order valence-corrected chi connectivity index (χ2v) is 6.27. The van der Waals surface area contributed by atoms with E-state index in [0.29, 0.717) is 24.0 Å². The first kappa shape index (κ1) is 17.2. The van der Waals surface area contributed by atoms with Crippen LogP contribution in [0, 0.1) is 5.82 Å². The van der Waals surface area contributed by atoms with E-state index in [9.17, 15) is 4.39 Å². The summed E-state index contributed by atoms with van der Waals surface area (Å²) in [7, 11) is 1.97. The topological polar surface area (TPSA) is 55.3 Å². The molecule has 6 heteroatoms. The molecule has 0 bridgehead atoms. The van der Waals surface area contributed by atoms with Gasteiger partial charge < -0.3 is 8.94 Å². The fourth-order valence-electron chi connectivity index (χ4n) is 3.11. The van der Waals surface area contributed by atoms with Crippen LogP contribution in [0.2, 0.25) is 0 Å². The van der Waals surface area contributed by atoms with Gasteiger partial charge in [-0.25, -0.2) is 4.39 Å². The molecule has 4 rings (SSSR count). The van der Waals surface area contributed by atoms with Gasteiger partial charge >= 0.3 is 0 Å². The van der Waals surface area contributed by atoms with Gasteiger partial charge in [-0.3, -0.25) is 4.90 Å². The average molecular weight is 363 g/mol. The maximum atomic E-state index is 13.4. The average Bonchev–Trinajstić information content (AvgIpc) is 3.36. The minimum absolute atomic E-state index is 0.0780. The summed E-state index contributed by atoms with van der Waals surface area (Å²) in [6, 6.07) is 20.1. The lowest BCUT2D eigenvalue weighted by atomic mass is 9.97. The molecule has 2 aromatic heterocycles.